The number of carboxylic acid groups (broad SMARTS) is 1. The van der Waals surface area contributed by atoms with Gasteiger partial charge in [-0.1, -0.05) is 0 Å². The maximum Gasteiger partial charge on any atom is 0.339 e. The standard InChI is InChI=1S/C15H15NO4/c1-10-5-11(8-16-7-10)9-20-14-4-3-12(19-2)6-13(14)15(17)18/h3-8H,9H2,1-2H3,(H,17,18). The van der Waals surface area contributed by atoms with Crippen molar-refractivity contribution in [1.29, 1.82) is 0 Å². The van der Waals surface area contributed by atoms with Crippen LogP contribution in [0.5, 0.6) is 11.5 Å². The summed E-state index contributed by atoms with van der Waals surface area (Å²) in [6, 6.07) is 6.63. The van der Waals surface area contributed by atoms with Gasteiger partial charge in [-0.05, 0) is 36.8 Å². The van der Waals surface area contributed by atoms with Crippen molar-refractivity contribution in [2.24, 2.45) is 0 Å². The first-order chi connectivity index (χ1) is 9.60. The van der Waals surface area contributed by atoms with Gasteiger partial charge in [-0.15, -0.1) is 0 Å². The van der Waals surface area contributed by atoms with Gasteiger partial charge in [-0.25, -0.2) is 4.79 Å². The fourth-order valence-corrected chi connectivity index (χ4v) is 1.79. The molecule has 5 heteroatoms. The minimum Gasteiger partial charge on any atom is -0.497 e. The Bertz CT molecular complexity index is 625. The van der Waals surface area contributed by atoms with Gasteiger partial charge in [0.15, 0.2) is 0 Å². The van der Waals surface area contributed by atoms with Gasteiger partial charge in [0.25, 0.3) is 0 Å². The van der Waals surface area contributed by atoms with E-state index in [9.17, 15) is 9.90 Å². The molecule has 0 bridgehead atoms. The monoisotopic (exact) mass is 273 g/mol. The van der Waals surface area contributed by atoms with Crippen molar-refractivity contribution in [2.45, 2.75) is 13.5 Å². The molecule has 0 amide bonds. The lowest BCUT2D eigenvalue weighted by Crippen LogP contribution is -2.04. The topological polar surface area (TPSA) is 68.7 Å². The van der Waals surface area contributed by atoms with E-state index in [1.54, 1.807) is 24.5 Å². The third-order valence-corrected chi connectivity index (χ3v) is 2.74. The summed E-state index contributed by atoms with van der Waals surface area (Å²) in [5.41, 5.74) is 1.99. The number of hydrogen-bond acceptors (Lipinski definition) is 4. The molecule has 1 N–H and O–H groups in total. The predicted octanol–water partition coefficient (Wildman–Crippen LogP) is 2.68. The SMILES string of the molecule is COc1ccc(OCc2cncc(C)c2)c(C(=O)O)c1. The van der Waals surface area contributed by atoms with Gasteiger partial charge < -0.3 is 14.6 Å². The molecule has 1 aromatic carbocycles. The molecule has 0 aliphatic heterocycles. The first-order valence-corrected chi connectivity index (χ1v) is 6.05. The van der Waals surface area contributed by atoms with Crippen molar-refractivity contribution in [3.63, 3.8) is 0 Å². The first-order valence-electron chi connectivity index (χ1n) is 6.05. The second kappa shape index (κ2) is 6.06. The number of carbonyl (C=O) groups is 1. The number of hydrogen-bond donors (Lipinski definition) is 1. The molecule has 1 heterocycles. The van der Waals surface area contributed by atoms with Crippen molar-refractivity contribution in [2.75, 3.05) is 7.11 Å². The van der Waals surface area contributed by atoms with Crippen LogP contribution < -0.4 is 9.47 Å². The van der Waals surface area contributed by atoms with E-state index in [0.29, 0.717) is 11.5 Å². The Morgan fingerprint density at radius 2 is 2.10 bits per heavy atom. The molecule has 1 aromatic heterocycles. The van der Waals surface area contributed by atoms with Crippen LogP contribution in [0.2, 0.25) is 0 Å². The van der Waals surface area contributed by atoms with Gasteiger partial charge in [-0.2, -0.15) is 0 Å². The zero-order valence-electron chi connectivity index (χ0n) is 11.3. The van der Waals surface area contributed by atoms with Gasteiger partial charge in [-0.3, -0.25) is 4.98 Å². The Morgan fingerprint density at radius 3 is 2.75 bits per heavy atom. The first kappa shape index (κ1) is 13.9. The summed E-state index contributed by atoms with van der Waals surface area (Å²) in [5, 5.41) is 9.18. The zero-order valence-corrected chi connectivity index (χ0v) is 11.3. The minimum atomic E-state index is -1.05. The molecule has 104 valence electrons. The number of rotatable bonds is 5. The fourth-order valence-electron chi connectivity index (χ4n) is 1.79. The van der Waals surface area contributed by atoms with Crippen molar-refractivity contribution in [3.8, 4) is 11.5 Å². The van der Waals surface area contributed by atoms with Gasteiger partial charge >= 0.3 is 5.97 Å². The molecule has 0 saturated carbocycles. The third kappa shape index (κ3) is 3.26. The highest BCUT2D eigenvalue weighted by atomic mass is 16.5. The predicted molar refractivity (Wildman–Crippen MR) is 73.3 cm³/mol. The van der Waals surface area contributed by atoms with Crippen LogP contribution in [0.4, 0.5) is 0 Å². The summed E-state index contributed by atoms with van der Waals surface area (Å²) in [6.07, 6.45) is 3.44. The summed E-state index contributed by atoms with van der Waals surface area (Å²) in [7, 11) is 1.49. The molecular weight excluding hydrogens is 258 g/mol. The number of benzene rings is 1. The van der Waals surface area contributed by atoms with Crippen molar-refractivity contribution in [1.82, 2.24) is 4.98 Å². The summed E-state index contributed by atoms with van der Waals surface area (Å²) in [5.74, 6) is -0.270. The van der Waals surface area contributed by atoms with E-state index >= 15 is 0 Å². The van der Waals surface area contributed by atoms with Gasteiger partial charge in [0.2, 0.25) is 0 Å². The smallest absolute Gasteiger partial charge is 0.339 e. The molecule has 0 atom stereocenters. The second-order valence-corrected chi connectivity index (χ2v) is 4.33. The van der Waals surface area contributed by atoms with Crippen LogP contribution in [-0.2, 0) is 6.61 Å². The summed E-state index contributed by atoms with van der Waals surface area (Å²) < 4.78 is 10.6. The molecule has 2 aromatic rings. The minimum absolute atomic E-state index is 0.0740. The van der Waals surface area contributed by atoms with E-state index in [1.165, 1.54) is 13.2 Å². The molecule has 20 heavy (non-hydrogen) atoms. The highest BCUT2D eigenvalue weighted by molar-refractivity contribution is 5.91. The van der Waals surface area contributed by atoms with Crippen molar-refractivity contribution >= 4 is 5.97 Å². The van der Waals surface area contributed by atoms with Gasteiger partial charge in [0.1, 0.15) is 23.7 Å². The zero-order chi connectivity index (χ0) is 14.5. The highest BCUT2D eigenvalue weighted by Gasteiger charge is 2.13. The van der Waals surface area contributed by atoms with E-state index in [0.717, 1.165) is 11.1 Å². The Hall–Kier alpha value is -2.56. The number of aromatic carboxylic acids is 1. The van der Waals surface area contributed by atoms with Crippen LogP contribution in [0.1, 0.15) is 21.5 Å². The number of pyridine rings is 1. The van der Waals surface area contributed by atoms with Gasteiger partial charge in [0.05, 0.1) is 7.11 Å². The molecule has 0 aliphatic carbocycles. The lowest BCUT2D eigenvalue weighted by Gasteiger charge is -2.10. The summed E-state index contributed by atoms with van der Waals surface area (Å²) in [4.78, 5) is 15.3. The fraction of sp³-hybridized carbons (Fsp3) is 0.200. The van der Waals surface area contributed by atoms with Crippen LogP contribution in [0, 0.1) is 6.92 Å². The van der Waals surface area contributed by atoms with E-state index < -0.39 is 5.97 Å². The number of ether oxygens (including phenoxy) is 2. The lowest BCUT2D eigenvalue weighted by atomic mass is 10.2. The van der Waals surface area contributed by atoms with Crippen LogP contribution in [0.25, 0.3) is 0 Å². The molecule has 0 unspecified atom stereocenters. The third-order valence-electron chi connectivity index (χ3n) is 2.74. The number of aromatic nitrogens is 1. The number of carboxylic acids is 1. The average Bonchev–Trinajstić information content (AvgIpc) is 2.45. The van der Waals surface area contributed by atoms with Crippen LogP contribution in [0.15, 0.2) is 36.7 Å². The molecule has 5 nitrogen and oxygen atoms in total. The Morgan fingerprint density at radius 1 is 1.30 bits per heavy atom. The van der Waals surface area contributed by atoms with E-state index in [4.69, 9.17) is 9.47 Å². The second-order valence-electron chi connectivity index (χ2n) is 4.33. The summed E-state index contributed by atoms with van der Waals surface area (Å²) >= 11 is 0. The highest BCUT2D eigenvalue weighted by Crippen LogP contribution is 2.25. The molecule has 0 aliphatic rings. The quantitative estimate of drug-likeness (QED) is 0.907. The molecular formula is C15H15NO4. The average molecular weight is 273 g/mol. The van der Waals surface area contributed by atoms with Gasteiger partial charge in [0, 0.05) is 18.0 Å². The number of aryl methyl sites for hydroxylation is 1. The molecule has 0 fully saturated rings. The Balaban J connectivity index is 2.18. The maximum absolute atomic E-state index is 11.2. The molecule has 0 saturated heterocycles. The molecule has 0 spiro atoms. The summed E-state index contributed by atoms with van der Waals surface area (Å²) in [6.45, 7) is 2.20. The lowest BCUT2D eigenvalue weighted by molar-refractivity contribution is 0.0691. The van der Waals surface area contributed by atoms with E-state index in [2.05, 4.69) is 4.98 Å². The normalized spacial score (nSPS) is 10.1. The van der Waals surface area contributed by atoms with E-state index in [-0.39, 0.29) is 12.2 Å². The van der Waals surface area contributed by atoms with E-state index in [1.807, 2.05) is 13.0 Å². The van der Waals surface area contributed by atoms with Crippen molar-refractivity contribution < 1.29 is 19.4 Å². The number of methoxy groups -OCH3 is 1. The number of nitrogens with zero attached hydrogens (tertiary/aromatic N) is 1. The van der Waals surface area contributed by atoms with Crippen molar-refractivity contribution in [3.05, 3.63) is 53.3 Å². The maximum atomic E-state index is 11.2. The Kier molecular flexibility index (Phi) is 4.20. The largest absolute Gasteiger partial charge is 0.497 e. The van der Waals surface area contributed by atoms with Crippen LogP contribution in [-0.4, -0.2) is 23.2 Å². The van der Waals surface area contributed by atoms with Crippen LogP contribution in [0.3, 0.4) is 0 Å². The molecule has 2 rings (SSSR count). The van der Waals surface area contributed by atoms with Crippen LogP contribution >= 0.6 is 0 Å². The Labute approximate surface area is 116 Å². The molecule has 0 radical (unpaired) electrons.